The van der Waals surface area contributed by atoms with Crippen molar-refractivity contribution < 1.29 is 22.1 Å². The molecule has 0 N–H and O–H groups in total. The molecule has 0 aromatic heterocycles. The molecule has 0 spiro atoms. The summed E-state index contributed by atoms with van der Waals surface area (Å²) in [7, 11) is -2.17. The van der Waals surface area contributed by atoms with Crippen LogP contribution in [0.15, 0.2) is 30.3 Å². The van der Waals surface area contributed by atoms with Crippen LogP contribution in [0.4, 0.5) is 0 Å². The highest BCUT2D eigenvalue weighted by Crippen LogP contribution is 2.30. The molecule has 0 heterocycles. The number of ether oxygens (including phenoxy) is 1. The van der Waals surface area contributed by atoms with E-state index in [2.05, 4.69) is 0 Å². The van der Waals surface area contributed by atoms with Crippen molar-refractivity contribution in [1.82, 2.24) is 0 Å². The van der Waals surface area contributed by atoms with Gasteiger partial charge in [0.25, 0.3) is 0 Å². The number of methoxy groups -OCH3 is 1. The van der Waals surface area contributed by atoms with Crippen molar-refractivity contribution in [1.29, 1.82) is 0 Å². The van der Waals surface area contributed by atoms with Crippen LogP contribution in [0.2, 0.25) is 0 Å². The van der Waals surface area contributed by atoms with Crippen LogP contribution in [-0.2, 0) is 10.1 Å². The Kier molecular flexibility index (Phi) is 3.44. The summed E-state index contributed by atoms with van der Waals surface area (Å²) in [6, 6.07) is 8.34. The van der Waals surface area contributed by atoms with Crippen molar-refractivity contribution >= 4 is 27.2 Å². The van der Waals surface area contributed by atoms with E-state index in [1.165, 1.54) is 13.2 Å². The van der Waals surface area contributed by atoms with Crippen molar-refractivity contribution in [3.63, 3.8) is 0 Å². The minimum atomic E-state index is -3.68. The first-order valence-corrected chi connectivity index (χ1v) is 7.21. The minimum Gasteiger partial charge on any atom is -0.497 e. The van der Waals surface area contributed by atoms with E-state index in [-0.39, 0.29) is 11.3 Å². The highest BCUT2D eigenvalue weighted by atomic mass is 32.2. The van der Waals surface area contributed by atoms with Crippen LogP contribution in [0.1, 0.15) is 10.4 Å². The Hall–Kier alpha value is -2.08. The molecule has 6 heteroatoms. The summed E-state index contributed by atoms with van der Waals surface area (Å²) in [4.78, 5) is 11.2. The Morgan fingerprint density at radius 3 is 2.42 bits per heavy atom. The molecule has 0 saturated carbocycles. The summed E-state index contributed by atoms with van der Waals surface area (Å²) in [5.41, 5.74) is 0.182. The quantitative estimate of drug-likeness (QED) is 0.633. The molecule has 2 aromatic carbocycles. The molecule has 0 fully saturated rings. The number of aldehydes is 1. The van der Waals surface area contributed by atoms with E-state index in [1.807, 2.05) is 0 Å². The Balaban J connectivity index is 2.70. The molecular formula is C13H12O5S. The smallest absolute Gasteiger partial charge is 0.306 e. The average molecular weight is 280 g/mol. The lowest BCUT2D eigenvalue weighted by Gasteiger charge is -2.09. The first-order valence-electron chi connectivity index (χ1n) is 5.40. The van der Waals surface area contributed by atoms with Gasteiger partial charge >= 0.3 is 10.1 Å². The van der Waals surface area contributed by atoms with Crippen LogP contribution in [0.25, 0.3) is 10.8 Å². The van der Waals surface area contributed by atoms with Gasteiger partial charge in [-0.1, -0.05) is 12.1 Å². The van der Waals surface area contributed by atoms with Crippen molar-refractivity contribution in [2.24, 2.45) is 0 Å². The Bertz CT molecular complexity index is 734. The Morgan fingerprint density at radius 1 is 1.16 bits per heavy atom. The average Bonchev–Trinajstić information content (AvgIpc) is 2.36. The Labute approximate surface area is 110 Å². The number of hydrogen-bond acceptors (Lipinski definition) is 5. The second kappa shape index (κ2) is 4.89. The summed E-state index contributed by atoms with van der Waals surface area (Å²) in [6.45, 7) is 0. The molecule has 0 amide bonds. The maximum Gasteiger partial charge on any atom is 0.306 e. The standard InChI is InChI=1S/C13H12O5S/c1-17-10-5-3-9-4-6-13(18-19(2,15)16)12(8-14)11(9)7-10/h3-8H,1-2H3. The maximum absolute atomic E-state index is 11.2. The molecule has 2 rings (SSSR count). The van der Waals surface area contributed by atoms with Crippen molar-refractivity contribution in [2.45, 2.75) is 0 Å². The fourth-order valence-electron chi connectivity index (χ4n) is 1.79. The molecular weight excluding hydrogens is 268 g/mol. The predicted molar refractivity (Wildman–Crippen MR) is 71.4 cm³/mol. The third-order valence-corrected chi connectivity index (χ3v) is 3.07. The molecule has 0 bridgehead atoms. The van der Waals surface area contributed by atoms with Crippen LogP contribution >= 0.6 is 0 Å². The number of benzene rings is 2. The summed E-state index contributed by atoms with van der Waals surface area (Å²) >= 11 is 0. The van der Waals surface area contributed by atoms with E-state index in [1.54, 1.807) is 24.3 Å². The SMILES string of the molecule is COc1ccc2ccc(OS(C)(=O)=O)c(C=O)c2c1. The largest absolute Gasteiger partial charge is 0.497 e. The van der Waals surface area contributed by atoms with Gasteiger partial charge in [-0.3, -0.25) is 4.79 Å². The van der Waals surface area contributed by atoms with Crippen LogP contribution in [-0.4, -0.2) is 28.1 Å². The van der Waals surface area contributed by atoms with Gasteiger partial charge < -0.3 is 8.92 Å². The van der Waals surface area contributed by atoms with E-state index in [0.29, 0.717) is 17.4 Å². The van der Waals surface area contributed by atoms with Crippen molar-refractivity contribution in [2.75, 3.05) is 13.4 Å². The van der Waals surface area contributed by atoms with E-state index < -0.39 is 10.1 Å². The van der Waals surface area contributed by atoms with Crippen LogP contribution < -0.4 is 8.92 Å². The second-order valence-electron chi connectivity index (χ2n) is 3.97. The zero-order chi connectivity index (χ0) is 14.0. The molecule has 2 aromatic rings. The molecule has 0 atom stereocenters. The van der Waals surface area contributed by atoms with Gasteiger partial charge in [-0.25, -0.2) is 0 Å². The fraction of sp³-hybridized carbons (Fsp3) is 0.154. The van der Waals surface area contributed by atoms with Gasteiger partial charge in [0.05, 0.1) is 18.9 Å². The minimum absolute atomic E-state index is 0.0123. The van der Waals surface area contributed by atoms with Gasteiger partial charge in [0.15, 0.2) is 12.0 Å². The zero-order valence-electron chi connectivity index (χ0n) is 10.4. The molecule has 5 nitrogen and oxygen atoms in total. The van der Waals surface area contributed by atoms with E-state index >= 15 is 0 Å². The Morgan fingerprint density at radius 2 is 1.84 bits per heavy atom. The number of carbonyl (C=O) groups is 1. The lowest BCUT2D eigenvalue weighted by Crippen LogP contribution is -2.07. The van der Waals surface area contributed by atoms with E-state index in [4.69, 9.17) is 8.92 Å². The number of carbonyl (C=O) groups excluding carboxylic acids is 1. The first kappa shape index (κ1) is 13.4. The number of fused-ring (bicyclic) bond motifs is 1. The fourth-order valence-corrected chi connectivity index (χ4v) is 2.26. The van der Waals surface area contributed by atoms with Gasteiger partial charge in [-0.05, 0) is 29.0 Å². The van der Waals surface area contributed by atoms with Crippen LogP contribution in [0.5, 0.6) is 11.5 Å². The van der Waals surface area contributed by atoms with Crippen molar-refractivity contribution in [3.05, 3.63) is 35.9 Å². The summed E-state index contributed by atoms with van der Waals surface area (Å²) < 4.78 is 32.2. The molecule has 0 aliphatic heterocycles. The van der Waals surface area contributed by atoms with Gasteiger partial charge in [0.2, 0.25) is 0 Å². The lowest BCUT2D eigenvalue weighted by molar-refractivity contribution is 0.112. The van der Waals surface area contributed by atoms with Crippen LogP contribution in [0, 0.1) is 0 Å². The second-order valence-corrected chi connectivity index (χ2v) is 5.54. The molecule has 19 heavy (non-hydrogen) atoms. The number of rotatable bonds is 4. The molecule has 0 aliphatic rings. The maximum atomic E-state index is 11.2. The third kappa shape index (κ3) is 2.85. The molecule has 0 saturated heterocycles. The molecule has 0 unspecified atom stereocenters. The zero-order valence-corrected chi connectivity index (χ0v) is 11.2. The first-order chi connectivity index (χ1) is 8.94. The monoisotopic (exact) mass is 280 g/mol. The van der Waals surface area contributed by atoms with Gasteiger partial charge in [-0.2, -0.15) is 8.42 Å². The normalized spacial score (nSPS) is 11.3. The van der Waals surface area contributed by atoms with Gasteiger partial charge in [0.1, 0.15) is 5.75 Å². The van der Waals surface area contributed by atoms with Crippen LogP contribution in [0.3, 0.4) is 0 Å². The van der Waals surface area contributed by atoms with Gasteiger partial charge in [-0.15, -0.1) is 0 Å². The predicted octanol–water partition coefficient (Wildman–Crippen LogP) is 2.00. The van der Waals surface area contributed by atoms with Crippen molar-refractivity contribution in [3.8, 4) is 11.5 Å². The third-order valence-electron chi connectivity index (χ3n) is 2.59. The summed E-state index contributed by atoms with van der Waals surface area (Å²) in [6.07, 6.45) is 1.50. The summed E-state index contributed by atoms with van der Waals surface area (Å²) in [5.74, 6) is 0.588. The molecule has 0 aliphatic carbocycles. The van der Waals surface area contributed by atoms with Gasteiger partial charge in [0, 0.05) is 0 Å². The lowest BCUT2D eigenvalue weighted by atomic mass is 10.0. The highest BCUT2D eigenvalue weighted by molar-refractivity contribution is 7.86. The van der Waals surface area contributed by atoms with E-state index in [0.717, 1.165) is 11.6 Å². The number of hydrogen-bond donors (Lipinski definition) is 0. The molecule has 0 radical (unpaired) electrons. The summed E-state index contributed by atoms with van der Waals surface area (Å²) in [5, 5.41) is 1.37. The molecule has 100 valence electrons. The highest BCUT2D eigenvalue weighted by Gasteiger charge is 2.13. The van der Waals surface area contributed by atoms with E-state index in [9.17, 15) is 13.2 Å². The topological polar surface area (TPSA) is 69.7 Å².